The Hall–Kier alpha value is -2.01. The van der Waals surface area contributed by atoms with Gasteiger partial charge in [0.25, 0.3) is 0 Å². The van der Waals surface area contributed by atoms with Crippen molar-refractivity contribution in [2.75, 3.05) is 27.3 Å². The first-order valence-electron chi connectivity index (χ1n) is 9.44. The highest BCUT2D eigenvalue weighted by molar-refractivity contribution is 7.13. The molecule has 1 saturated heterocycles. The first-order valence-corrected chi connectivity index (χ1v) is 10.3. The lowest BCUT2D eigenvalue weighted by Gasteiger charge is -2.37. The molecule has 1 fully saturated rings. The number of nitrogens with zero attached hydrogens (tertiary/aromatic N) is 2. The van der Waals surface area contributed by atoms with Crippen LogP contribution in [-0.2, 0) is 10.3 Å². The monoisotopic (exact) mass is 442 g/mol. The van der Waals surface area contributed by atoms with Gasteiger partial charge in [0.2, 0.25) is 0 Å². The second-order valence-electron chi connectivity index (χ2n) is 7.27. The number of halogens is 3. The van der Waals surface area contributed by atoms with E-state index in [2.05, 4.69) is 27.3 Å². The lowest BCUT2D eigenvalue weighted by atomic mass is 9.92. The quantitative estimate of drug-likeness (QED) is 0.577. The Bertz CT molecular complexity index is 870. The fourth-order valence-corrected chi connectivity index (χ4v) is 4.06. The van der Waals surface area contributed by atoms with Gasteiger partial charge in [0.1, 0.15) is 17.3 Å². The Balaban J connectivity index is 1.97. The molecule has 0 radical (unpaired) electrons. The van der Waals surface area contributed by atoms with Crippen molar-refractivity contribution in [3.05, 3.63) is 29.3 Å². The predicted octanol–water partition coefficient (Wildman–Crippen LogP) is 3.89. The zero-order chi connectivity index (χ0) is 21.9. The number of benzene rings is 1. The van der Waals surface area contributed by atoms with Crippen molar-refractivity contribution >= 4 is 23.7 Å². The van der Waals surface area contributed by atoms with Crippen molar-refractivity contribution in [1.29, 1.82) is 0 Å². The molecule has 0 aliphatic carbocycles. The molecule has 0 bridgehead atoms. The number of ether oxygens (including phenoxy) is 2. The second kappa shape index (κ2) is 9.01. The highest BCUT2D eigenvalue weighted by atomic mass is 32.1. The van der Waals surface area contributed by atoms with Crippen LogP contribution in [0.5, 0.6) is 5.75 Å². The van der Waals surface area contributed by atoms with E-state index in [9.17, 15) is 13.2 Å². The summed E-state index contributed by atoms with van der Waals surface area (Å²) in [6, 6.07) is 3.27. The number of hydrogen-bond acceptors (Lipinski definition) is 7. The summed E-state index contributed by atoms with van der Waals surface area (Å²) in [7, 11) is 2.93. The smallest absolute Gasteiger partial charge is 0.421 e. The van der Waals surface area contributed by atoms with E-state index in [1.807, 2.05) is 7.05 Å². The molecular weight excluding hydrogens is 417 g/mol. The SMILES string of the molecule is C=Nc1cc(C(C)(OC)C(F)(F)F)cc(-c2nccs2)c1OCC1CC(CNC)N1. The minimum atomic E-state index is -4.62. The van der Waals surface area contributed by atoms with Crippen LogP contribution in [0.4, 0.5) is 18.9 Å². The van der Waals surface area contributed by atoms with Gasteiger partial charge < -0.3 is 20.1 Å². The van der Waals surface area contributed by atoms with Gasteiger partial charge in [-0.3, -0.25) is 4.99 Å². The highest BCUT2D eigenvalue weighted by Gasteiger charge is 2.53. The van der Waals surface area contributed by atoms with Crippen LogP contribution in [0.15, 0.2) is 28.7 Å². The molecule has 1 aliphatic rings. The highest BCUT2D eigenvalue weighted by Crippen LogP contribution is 2.47. The van der Waals surface area contributed by atoms with E-state index in [4.69, 9.17) is 9.47 Å². The molecule has 3 unspecified atom stereocenters. The minimum absolute atomic E-state index is 0.0895. The van der Waals surface area contributed by atoms with Gasteiger partial charge in [0.15, 0.2) is 11.4 Å². The molecule has 0 saturated carbocycles. The van der Waals surface area contributed by atoms with Gasteiger partial charge in [-0.25, -0.2) is 4.98 Å². The van der Waals surface area contributed by atoms with Gasteiger partial charge >= 0.3 is 6.18 Å². The molecule has 30 heavy (non-hydrogen) atoms. The number of likely N-dealkylation sites (N-methyl/N-ethyl adjacent to an activating group) is 1. The lowest BCUT2D eigenvalue weighted by molar-refractivity contribution is -0.269. The second-order valence-corrected chi connectivity index (χ2v) is 8.16. The van der Waals surface area contributed by atoms with Crippen LogP contribution in [-0.4, -0.2) is 57.3 Å². The number of alkyl halides is 3. The zero-order valence-electron chi connectivity index (χ0n) is 17.0. The molecule has 1 aromatic heterocycles. The van der Waals surface area contributed by atoms with Crippen LogP contribution >= 0.6 is 11.3 Å². The molecule has 2 heterocycles. The third kappa shape index (κ3) is 4.36. The van der Waals surface area contributed by atoms with E-state index < -0.39 is 11.8 Å². The molecule has 1 aromatic carbocycles. The molecular formula is C20H25F3N4O2S. The van der Waals surface area contributed by atoms with Crippen molar-refractivity contribution in [1.82, 2.24) is 15.6 Å². The molecule has 2 N–H and O–H groups in total. The van der Waals surface area contributed by atoms with Gasteiger partial charge in [0, 0.05) is 37.3 Å². The predicted molar refractivity (Wildman–Crippen MR) is 112 cm³/mol. The molecule has 1 aliphatic heterocycles. The van der Waals surface area contributed by atoms with Crippen LogP contribution in [0.2, 0.25) is 0 Å². The molecule has 3 rings (SSSR count). The molecule has 3 atom stereocenters. The van der Waals surface area contributed by atoms with Gasteiger partial charge in [-0.05, 0) is 44.8 Å². The third-order valence-electron chi connectivity index (χ3n) is 5.32. The Kier molecular flexibility index (Phi) is 6.81. The first kappa shape index (κ1) is 22.7. The topological polar surface area (TPSA) is 67.8 Å². The fourth-order valence-electron chi connectivity index (χ4n) is 3.41. The molecule has 10 heteroatoms. The van der Waals surface area contributed by atoms with Crippen LogP contribution in [0.3, 0.4) is 0 Å². The van der Waals surface area contributed by atoms with E-state index in [0.29, 0.717) is 29.0 Å². The van der Waals surface area contributed by atoms with Gasteiger partial charge in [-0.15, -0.1) is 11.3 Å². The summed E-state index contributed by atoms with van der Waals surface area (Å²) in [4.78, 5) is 8.21. The van der Waals surface area contributed by atoms with Crippen molar-refractivity contribution < 1.29 is 22.6 Å². The van der Waals surface area contributed by atoms with Gasteiger partial charge in [0.05, 0.1) is 5.56 Å². The lowest BCUT2D eigenvalue weighted by Crippen LogP contribution is -2.58. The normalized spacial score (nSPS) is 21.0. The maximum absolute atomic E-state index is 13.8. The average Bonchev–Trinajstić information content (AvgIpc) is 3.22. The summed E-state index contributed by atoms with van der Waals surface area (Å²) in [5.41, 5.74) is -1.94. The van der Waals surface area contributed by atoms with Crippen LogP contribution in [0.25, 0.3) is 10.6 Å². The number of aromatic nitrogens is 1. The summed E-state index contributed by atoms with van der Waals surface area (Å²) < 4.78 is 52.3. The maximum Gasteiger partial charge on any atom is 0.421 e. The van der Waals surface area contributed by atoms with E-state index in [1.165, 1.54) is 23.5 Å². The standard InChI is InChI=1S/C20H25F3N4O2S/c1-19(28-4,20(21,22)23)12-7-15(18-26-5-6-30-18)17(16(8-12)25-3)29-11-14-9-13(27-14)10-24-2/h5-8,13-14,24,27H,3,9-11H2,1-2,4H3. The summed E-state index contributed by atoms with van der Waals surface area (Å²) >= 11 is 1.31. The van der Waals surface area contributed by atoms with E-state index >= 15 is 0 Å². The van der Waals surface area contributed by atoms with Crippen LogP contribution in [0.1, 0.15) is 18.9 Å². The average molecular weight is 443 g/mol. The van der Waals surface area contributed by atoms with Crippen molar-refractivity contribution in [2.45, 2.75) is 37.2 Å². The zero-order valence-corrected chi connectivity index (χ0v) is 17.9. The molecule has 0 spiro atoms. The first-order chi connectivity index (χ1) is 14.2. The molecule has 6 nitrogen and oxygen atoms in total. The Labute approximate surface area is 177 Å². The number of hydrogen-bond donors (Lipinski definition) is 2. The van der Waals surface area contributed by atoms with Crippen molar-refractivity contribution in [3.63, 3.8) is 0 Å². The number of nitrogens with one attached hydrogen (secondary N) is 2. The number of rotatable bonds is 9. The maximum atomic E-state index is 13.8. The summed E-state index contributed by atoms with van der Waals surface area (Å²) in [5.74, 6) is 0.364. The van der Waals surface area contributed by atoms with Crippen molar-refractivity contribution in [3.8, 4) is 16.3 Å². The summed E-state index contributed by atoms with van der Waals surface area (Å²) in [5, 5.41) is 8.79. The Morgan fingerprint density at radius 3 is 2.63 bits per heavy atom. The number of aliphatic imine (C=N–C) groups is 1. The van der Waals surface area contributed by atoms with E-state index in [0.717, 1.165) is 27.0 Å². The Morgan fingerprint density at radius 1 is 1.37 bits per heavy atom. The number of thiazole rings is 1. The van der Waals surface area contributed by atoms with Gasteiger partial charge in [-0.2, -0.15) is 13.2 Å². The van der Waals surface area contributed by atoms with Crippen molar-refractivity contribution in [2.24, 2.45) is 4.99 Å². The number of methoxy groups -OCH3 is 1. The molecule has 164 valence electrons. The van der Waals surface area contributed by atoms with E-state index in [1.54, 1.807) is 11.6 Å². The summed E-state index contributed by atoms with van der Waals surface area (Å²) in [6.45, 7) is 5.74. The summed E-state index contributed by atoms with van der Waals surface area (Å²) in [6.07, 6.45) is -2.09. The Morgan fingerprint density at radius 2 is 2.10 bits per heavy atom. The molecule has 2 aromatic rings. The van der Waals surface area contributed by atoms with Crippen LogP contribution < -0.4 is 15.4 Å². The van der Waals surface area contributed by atoms with Crippen LogP contribution in [0, 0.1) is 0 Å². The minimum Gasteiger partial charge on any atom is -0.489 e. The molecule has 0 amide bonds. The third-order valence-corrected chi connectivity index (χ3v) is 6.13. The largest absolute Gasteiger partial charge is 0.489 e. The fraction of sp³-hybridized carbons (Fsp3) is 0.500. The van der Waals surface area contributed by atoms with Gasteiger partial charge in [-0.1, -0.05) is 0 Å². The van der Waals surface area contributed by atoms with E-state index in [-0.39, 0.29) is 17.3 Å².